The van der Waals surface area contributed by atoms with E-state index in [9.17, 15) is 10.5 Å². The fourth-order valence-corrected chi connectivity index (χ4v) is 3.79. The standard InChI is InChI=1S/C21H18N2O/c22-13-17-8-4-7-16-11-18-12-19(15-5-2-1-3-6-15)14-23(24)21(18)10-9-20(16)17/h1-8,12,14,21,23H,9-11H2. The third-order valence-corrected chi connectivity index (χ3v) is 5.01. The molecule has 0 amide bonds. The number of rotatable bonds is 1. The summed E-state index contributed by atoms with van der Waals surface area (Å²) >= 11 is 0. The Morgan fingerprint density at radius 1 is 1.08 bits per heavy atom. The van der Waals surface area contributed by atoms with Crippen LogP contribution in [-0.2, 0) is 12.8 Å². The zero-order valence-electron chi connectivity index (χ0n) is 13.3. The summed E-state index contributed by atoms with van der Waals surface area (Å²) in [4.78, 5) is 0. The molecule has 0 bridgehead atoms. The van der Waals surface area contributed by atoms with Gasteiger partial charge in [-0.2, -0.15) is 5.26 Å². The number of hydrogen-bond donors (Lipinski definition) is 1. The predicted molar refractivity (Wildman–Crippen MR) is 93.8 cm³/mol. The fourth-order valence-electron chi connectivity index (χ4n) is 3.79. The van der Waals surface area contributed by atoms with E-state index >= 15 is 0 Å². The van der Waals surface area contributed by atoms with Gasteiger partial charge >= 0.3 is 0 Å². The second kappa shape index (κ2) is 6.09. The van der Waals surface area contributed by atoms with Crippen LogP contribution >= 0.6 is 0 Å². The number of hydroxylamine groups is 2. The Kier molecular flexibility index (Phi) is 3.78. The minimum atomic E-state index is -0.0450. The summed E-state index contributed by atoms with van der Waals surface area (Å²) in [5.41, 5.74) is 6.29. The van der Waals surface area contributed by atoms with E-state index in [-0.39, 0.29) is 11.1 Å². The van der Waals surface area contributed by atoms with Gasteiger partial charge in [0.15, 0.2) is 0 Å². The maximum Gasteiger partial charge on any atom is 0.114 e. The number of fused-ring (bicyclic) bond motifs is 2. The number of benzene rings is 2. The first-order valence-corrected chi connectivity index (χ1v) is 8.28. The van der Waals surface area contributed by atoms with Crippen LogP contribution in [0.25, 0.3) is 5.57 Å². The number of nitrogens with one attached hydrogen (secondary N) is 1. The summed E-state index contributed by atoms with van der Waals surface area (Å²) in [6.45, 7) is 0. The third kappa shape index (κ3) is 2.56. The molecule has 1 heterocycles. The maximum absolute atomic E-state index is 12.7. The number of allylic oxidation sites excluding steroid dienone is 2. The summed E-state index contributed by atoms with van der Waals surface area (Å²) in [6.07, 6.45) is 6.29. The van der Waals surface area contributed by atoms with Crippen molar-refractivity contribution >= 4 is 5.57 Å². The van der Waals surface area contributed by atoms with E-state index in [0.29, 0.717) is 0 Å². The molecule has 1 aliphatic heterocycles. The van der Waals surface area contributed by atoms with Crippen molar-refractivity contribution in [3.63, 3.8) is 0 Å². The van der Waals surface area contributed by atoms with Gasteiger partial charge in [-0.3, -0.25) is 0 Å². The predicted octanol–water partition coefficient (Wildman–Crippen LogP) is 2.78. The number of hydrogen-bond acceptors (Lipinski definition) is 2. The van der Waals surface area contributed by atoms with E-state index in [4.69, 9.17) is 0 Å². The highest BCUT2D eigenvalue weighted by Gasteiger charge is 2.29. The van der Waals surface area contributed by atoms with Gasteiger partial charge in [-0.25, -0.2) is 0 Å². The van der Waals surface area contributed by atoms with Crippen LogP contribution in [0, 0.1) is 16.5 Å². The average Bonchev–Trinajstić information content (AvgIpc) is 2.81. The monoisotopic (exact) mass is 314 g/mol. The van der Waals surface area contributed by atoms with E-state index in [1.807, 2.05) is 42.5 Å². The Bertz CT molecular complexity index is 874. The van der Waals surface area contributed by atoms with Gasteiger partial charge < -0.3 is 10.3 Å². The smallest absolute Gasteiger partial charge is 0.114 e. The molecule has 0 aromatic heterocycles. The molecule has 4 rings (SSSR count). The minimum Gasteiger partial charge on any atom is -0.629 e. The average molecular weight is 314 g/mol. The van der Waals surface area contributed by atoms with E-state index in [1.165, 1.54) is 11.1 Å². The molecule has 2 aromatic carbocycles. The molecule has 2 atom stereocenters. The van der Waals surface area contributed by atoms with Crippen molar-refractivity contribution in [2.75, 3.05) is 0 Å². The first-order valence-electron chi connectivity index (χ1n) is 8.28. The van der Waals surface area contributed by atoms with Crippen molar-refractivity contribution in [3.05, 3.63) is 93.8 Å². The van der Waals surface area contributed by atoms with Crippen LogP contribution in [0.2, 0.25) is 0 Å². The molecule has 0 spiro atoms. The highest BCUT2D eigenvalue weighted by molar-refractivity contribution is 5.74. The maximum atomic E-state index is 12.7. The van der Waals surface area contributed by atoms with Crippen LogP contribution in [0.1, 0.15) is 28.7 Å². The molecular weight excluding hydrogens is 296 g/mol. The molecule has 2 aliphatic rings. The zero-order valence-corrected chi connectivity index (χ0v) is 13.3. The zero-order chi connectivity index (χ0) is 16.5. The van der Waals surface area contributed by atoms with E-state index in [2.05, 4.69) is 18.2 Å². The second-order valence-electron chi connectivity index (χ2n) is 6.41. The second-order valence-corrected chi connectivity index (χ2v) is 6.41. The third-order valence-electron chi connectivity index (χ3n) is 5.01. The van der Waals surface area contributed by atoms with E-state index < -0.39 is 0 Å². The van der Waals surface area contributed by atoms with E-state index in [0.717, 1.165) is 41.5 Å². The van der Waals surface area contributed by atoms with Crippen molar-refractivity contribution in [3.8, 4) is 6.07 Å². The Hall–Kier alpha value is -2.67. The lowest BCUT2D eigenvalue weighted by atomic mass is 9.92. The lowest BCUT2D eigenvalue weighted by Crippen LogP contribution is -3.07. The summed E-state index contributed by atoms with van der Waals surface area (Å²) < 4.78 is 0. The lowest BCUT2D eigenvalue weighted by Gasteiger charge is -2.33. The van der Waals surface area contributed by atoms with E-state index in [1.54, 1.807) is 6.20 Å². The first kappa shape index (κ1) is 14.9. The summed E-state index contributed by atoms with van der Waals surface area (Å²) in [7, 11) is 0. The van der Waals surface area contributed by atoms with Crippen LogP contribution < -0.4 is 5.06 Å². The van der Waals surface area contributed by atoms with Crippen molar-refractivity contribution < 1.29 is 5.06 Å². The fraction of sp³-hybridized carbons (Fsp3) is 0.190. The van der Waals surface area contributed by atoms with Gasteiger partial charge in [0.2, 0.25) is 0 Å². The van der Waals surface area contributed by atoms with Gasteiger partial charge in [-0.05, 0) is 47.2 Å². The van der Waals surface area contributed by atoms with Crippen LogP contribution in [0.3, 0.4) is 0 Å². The normalized spacial score (nSPS) is 22.3. The topological polar surface area (TPSA) is 51.3 Å². The molecule has 0 saturated heterocycles. The molecule has 0 fully saturated rings. The molecule has 118 valence electrons. The molecule has 1 aliphatic carbocycles. The molecule has 0 saturated carbocycles. The van der Waals surface area contributed by atoms with Crippen LogP contribution in [0.15, 0.2) is 66.4 Å². The van der Waals surface area contributed by atoms with Crippen LogP contribution in [0.5, 0.6) is 0 Å². The van der Waals surface area contributed by atoms with Gasteiger partial charge in [0.1, 0.15) is 12.2 Å². The summed E-state index contributed by atoms with van der Waals surface area (Å²) in [5.74, 6) is 0. The number of nitrogens with zero attached hydrogens (tertiary/aromatic N) is 1. The largest absolute Gasteiger partial charge is 0.629 e. The first-order chi connectivity index (χ1) is 11.8. The summed E-state index contributed by atoms with van der Waals surface area (Å²) in [5, 5.41) is 22.2. The van der Waals surface area contributed by atoms with Gasteiger partial charge in [-0.1, -0.05) is 42.5 Å². The van der Waals surface area contributed by atoms with Crippen molar-refractivity contribution in [1.82, 2.24) is 0 Å². The SMILES string of the molecule is N#Cc1cccc2c1CCC1C(=CC(c3ccccc3)=C[NH+]1[O-])C2. The lowest BCUT2D eigenvalue weighted by molar-refractivity contribution is -0.815. The molecular formula is C21H18N2O. The van der Waals surface area contributed by atoms with Gasteiger partial charge in [-0.15, -0.1) is 0 Å². The van der Waals surface area contributed by atoms with Gasteiger partial charge in [0, 0.05) is 12.0 Å². The molecule has 0 radical (unpaired) electrons. The number of quaternary nitrogens is 1. The highest BCUT2D eigenvalue weighted by atomic mass is 16.5. The van der Waals surface area contributed by atoms with Crippen molar-refractivity contribution in [2.24, 2.45) is 0 Å². The van der Waals surface area contributed by atoms with Gasteiger partial charge in [0.25, 0.3) is 0 Å². The molecule has 2 unspecified atom stereocenters. The summed E-state index contributed by atoms with van der Waals surface area (Å²) in [6, 6.07) is 18.2. The molecule has 3 nitrogen and oxygen atoms in total. The van der Waals surface area contributed by atoms with Crippen molar-refractivity contribution in [1.29, 1.82) is 5.26 Å². The van der Waals surface area contributed by atoms with Crippen molar-refractivity contribution in [2.45, 2.75) is 25.3 Å². The number of nitriles is 1. The Morgan fingerprint density at radius 3 is 2.71 bits per heavy atom. The Morgan fingerprint density at radius 2 is 1.92 bits per heavy atom. The molecule has 2 aromatic rings. The molecule has 1 N–H and O–H groups in total. The Labute approximate surface area is 141 Å². The molecule has 3 heteroatoms. The van der Waals surface area contributed by atoms with Gasteiger partial charge in [0.05, 0.1) is 11.6 Å². The minimum absolute atomic E-state index is 0.0450. The Balaban J connectivity index is 1.75. The van der Waals surface area contributed by atoms with Crippen LogP contribution in [-0.4, -0.2) is 6.04 Å². The molecule has 24 heavy (non-hydrogen) atoms. The quantitative estimate of drug-likeness (QED) is 0.823. The highest BCUT2D eigenvalue weighted by Crippen LogP contribution is 2.29. The van der Waals surface area contributed by atoms with Crippen LogP contribution in [0.4, 0.5) is 0 Å².